The van der Waals surface area contributed by atoms with Crippen LogP contribution in [0.5, 0.6) is 0 Å². The third kappa shape index (κ3) is 5.84. The summed E-state index contributed by atoms with van der Waals surface area (Å²) in [6, 6.07) is 8.18. The molecule has 0 atom stereocenters. The quantitative estimate of drug-likeness (QED) is 0.316. The molecule has 0 aliphatic rings. The highest BCUT2D eigenvalue weighted by Gasteiger charge is 2.00. The summed E-state index contributed by atoms with van der Waals surface area (Å²) in [5.41, 5.74) is 2.19. The van der Waals surface area contributed by atoms with Gasteiger partial charge in [-0.15, -0.1) is 24.0 Å². The van der Waals surface area contributed by atoms with Gasteiger partial charge in [-0.3, -0.25) is 4.99 Å². The summed E-state index contributed by atoms with van der Waals surface area (Å²) >= 11 is 1.81. The van der Waals surface area contributed by atoms with E-state index in [-0.39, 0.29) is 24.0 Å². The van der Waals surface area contributed by atoms with Crippen molar-refractivity contribution < 1.29 is 0 Å². The molecule has 6 nitrogen and oxygen atoms in total. The molecule has 0 spiro atoms. The summed E-state index contributed by atoms with van der Waals surface area (Å²) in [4.78, 5) is 8.14. The number of halogens is 1. The molecule has 2 N–H and O–H groups in total. The lowest BCUT2D eigenvalue weighted by atomic mass is 10.2. The van der Waals surface area contributed by atoms with E-state index in [0.717, 1.165) is 30.5 Å². The molecular formula is C14H21IN6S. The van der Waals surface area contributed by atoms with Gasteiger partial charge in [-0.2, -0.15) is 16.9 Å². The number of hydrogen-bond donors (Lipinski definition) is 2. The van der Waals surface area contributed by atoms with Crippen LogP contribution in [-0.4, -0.2) is 46.3 Å². The lowest BCUT2D eigenvalue weighted by Crippen LogP contribution is -2.37. The van der Waals surface area contributed by atoms with Crippen LogP contribution in [0.25, 0.3) is 5.69 Å². The van der Waals surface area contributed by atoms with E-state index in [1.54, 1.807) is 18.1 Å². The summed E-state index contributed by atoms with van der Waals surface area (Å²) < 4.78 is 1.74. The molecule has 1 heterocycles. The highest BCUT2D eigenvalue weighted by atomic mass is 127. The average Bonchev–Trinajstić information content (AvgIpc) is 3.06. The van der Waals surface area contributed by atoms with Crippen molar-refractivity contribution in [3.63, 3.8) is 0 Å². The fourth-order valence-electron chi connectivity index (χ4n) is 1.79. The number of nitrogens with one attached hydrogen (secondary N) is 2. The van der Waals surface area contributed by atoms with Crippen molar-refractivity contribution in [2.24, 2.45) is 4.99 Å². The molecule has 22 heavy (non-hydrogen) atoms. The minimum atomic E-state index is 0. The van der Waals surface area contributed by atoms with E-state index in [1.807, 2.05) is 23.9 Å². The normalized spacial score (nSPS) is 10.9. The second-order valence-corrected chi connectivity index (χ2v) is 5.34. The third-order valence-corrected chi connectivity index (χ3v) is 3.51. The van der Waals surface area contributed by atoms with E-state index in [0.29, 0.717) is 0 Å². The zero-order valence-corrected chi connectivity index (χ0v) is 15.8. The standard InChI is InChI=1S/C14H20N6S.HI/c1-15-14(17-7-8-21-2)18-9-12-3-5-13(6-4-12)20-11-16-10-19-20;/h3-6,10-11H,7-9H2,1-2H3,(H2,15,17,18);1H. The molecule has 1 aromatic carbocycles. The van der Waals surface area contributed by atoms with Crippen molar-refractivity contribution in [1.29, 1.82) is 0 Å². The predicted molar refractivity (Wildman–Crippen MR) is 103 cm³/mol. The van der Waals surface area contributed by atoms with Crippen LogP contribution < -0.4 is 10.6 Å². The van der Waals surface area contributed by atoms with Gasteiger partial charge in [0.05, 0.1) is 5.69 Å². The van der Waals surface area contributed by atoms with Gasteiger partial charge in [0, 0.05) is 25.9 Å². The van der Waals surface area contributed by atoms with Crippen LogP contribution in [0, 0.1) is 0 Å². The lowest BCUT2D eigenvalue weighted by molar-refractivity contribution is 0.830. The van der Waals surface area contributed by atoms with Crippen LogP contribution in [0.4, 0.5) is 0 Å². The molecule has 0 saturated carbocycles. The van der Waals surface area contributed by atoms with Crippen molar-refractivity contribution in [2.45, 2.75) is 6.54 Å². The molecule has 0 aliphatic heterocycles. The van der Waals surface area contributed by atoms with Gasteiger partial charge < -0.3 is 10.6 Å². The molecule has 2 rings (SSSR count). The zero-order valence-electron chi connectivity index (χ0n) is 12.7. The summed E-state index contributed by atoms with van der Waals surface area (Å²) in [6.07, 6.45) is 5.30. The molecule has 2 aromatic rings. The van der Waals surface area contributed by atoms with Gasteiger partial charge >= 0.3 is 0 Å². The third-order valence-electron chi connectivity index (χ3n) is 2.90. The first kappa shape index (κ1) is 18.8. The molecule has 0 fully saturated rings. The van der Waals surface area contributed by atoms with Crippen LogP contribution in [0.1, 0.15) is 5.56 Å². The number of guanidine groups is 1. The number of rotatable bonds is 6. The highest BCUT2D eigenvalue weighted by Crippen LogP contribution is 2.07. The lowest BCUT2D eigenvalue weighted by Gasteiger charge is -2.11. The van der Waals surface area contributed by atoms with Gasteiger partial charge in [0.15, 0.2) is 5.96 Å². The van der Waals surface area contributed by atoms with Crippen LogP contribution in [0.3, 0.4) is 0 Å². The number of thioether (sulfide) groups is 1. The first-order chi connectivity index (χ1) is 10.3. The number of hydrogen-bond acceptors (Lipinski definition) is 4. The Morgan fingerprint density at radius 3 is 2.64 bits per heavy atom. The Balaban J connectivity index is 0.00000242. The molecule has 0 aliphatic carbocycles. The smallest absolute Gasteiger partial charge is 0.191 e. The summed E-state index contributed by atoms with van der Waals surface area (Å²) in [5, 5.41) is 10.7. The molecule has 8 heteroatoms. The molecule has 0 amide bonds. The van der Waals surface area contributed by atoms with Crippen molar-refractivity contribution in [3.05, 3.63) is 42.5 Å². The van der Waals surface area contributed by atoms with E-state index in [2.05, 4.69) is 44.1 Å². The molecular weight excluding hydrogens is 411 g/mol. The maximum absolute atomic E-state index is 4.20. The number of aromatic nitrogens is 3. The Morgan fingerprint density at radius 1 is 1.27 bits per heavy atom. The number of aliphatic imine (C=N–C) groups is 1. The van der Waals surface area contributed by atoms with E-state index in [4.69, 9.17) is 0 Å². The van der Waals surface area contributed by atoms with Crippen LogP contribution in [-0.2, 0) is 6.54 Å². The van der Waals surface area contributed by atoms with Crippen LogP contribution >= 0.6 is 35.7 Å². The van der Waals surface area contributed by atoms with Crippen LogP contribution in [0.15, 0.2) is 41.9 Å². The average molecular weight is 432 g/mol. The van der Waals surface area contributed by atoms with Crippen LogP contribution in [0.2, 0.25) is 0 Å². The van der Waals surface area contributed by atoms with Crippen molar-refractivity contribution in [3.8, 4) is 5.69 Å². The molecule has 0 radical (unpaired) electrons. The Labute approximate surface area is 152 Å². The second-order valence-electron chi connectivity index (χ2n) is 4.35. The molecule has 0 unspecified atom stereocenters. The molecule has 0 bridgehead atoms. The SMILES string of the molecule is CN=C(NCCSC)NCc1ccc(-n2cncn2)cc1.I. The van der Waals surface area contributed by atoms with Crippen molar-refractivity contribution >= 4 is 41.7 Å². The van der Waals surface area contributed by atoms with Gasteiger partial charge in [-0.05, 0) is 24.0 Å². The van der Waals surface area contributed by atoms with E-state index < -0.39 is 0 Å². The van der Waals surface area contributed by atoms with Gasteiger partial charge in [-0.1, -0.05) is 12.1 Å². The summed E-state index contributed by atoms with van der Waals surface area (Å²) in [7, 11) is 1.78. The largest absolute Gasteiger partial charge is 0.356 e. The van der Waals surface area contributed by atoms with E-state index in [1.165, 1.54) is 11.9 Å². The second kappa shape index (κ2) is 10.4. The topological polar surface area (TPSA) is 67.1 Å². The predicted octanol–water partition coefficient (Wildman–Crippen LogP) is 1.91. The van der Waals surface area contributed by atoms with Crippen molar-refractivity contribution in [2.75, 3.05) is 25.6 Å². The van der Waals surface area contributed by atoms with Gasteiger partial charge in [0.2, 0.25) is 0 Å². The van der Waals surface area contributed by atoms with Crippen molar-refractivity contribution in [1.82, 2.24) is 25.4 Å². The maximum Gasteiger partial charge on any atom is 0.191 e. The van der Waals surface area contributed by atoms with E-state index in [9.17, 15) is 0 Å². The van der Waals surface area contributed by atoms with Gasteiger partial charge in [0.25, 0.3) is 0 Å². The van der Waals surface area contributed by atoms with E-state index >= 15 is 0 Å². The highest BCUT2D eigenvalue weighted by molar-refractivity contribution is 14.0. The maximum atomic E-state index is 4.20. The monoisotopic (exact) mass is 432 g/mol. The Bertz CT molecular complexity index is 555. The van der Waals surface area contributed by atoms with Gasteiger partial charge in [-0.25, -0.2) is 9.67 Å². The molecule has 0 saturated heterocycles. The first-order valence-corrected chi connectivity index (χ1v) is 8.10. The summed E-state index contributed by atoms with van der Waals surface area (Å²) in [6.45, 7) is 1.64. The summed E-state index contributed by atoms with van der Waals surface area (Å²) in [5.74, 6) is 1.89. The Hall–Kier alpha value is -1.29. The fourth-order valence-corrected chi connectivity index (χ4v) is 2.09. The molecule has 1 aromatic heterocycles. The minimum absolute atomic E-state index is 0. The minimum Gasteiger partial charge on any atom is -0.356 e. The number of nitrogens with zero attached hydrogens (tertiary/aromatic N) is 4. The first-order valence-electron chi connectivity index (χ1n) is 6.71. The fraction of sp³-hybridized carbons (Fsp3) is 0.357. The zero-order chi connectivity index (χ0) is 14.9. The van der Waals surface area contributed by atoms with Gasteiger partial charge in [0.1, 0.15) is 12.7 Å². The molecule has 120 valence electrons. The Morgan fingerprint density at radius 2 is 2.05 bits per heavy atom. The Kier molecular flexibility index (Phi) is 8.90. The number of benzene rings is 1.